The molecule has 0 saturated heterocycles. The number of hydrogen-bond acceptors (Lipinski definition) is 3. The maximum absolute atomic E-state index is 12.6. The lowest BCUT2D eigenvalue weighted by Crippen LogP contribution is -2.31. The van der Waals surface area contributed by atoms with Crippen molar-refractivity contribution in [2.45, 2.75) is 19.3 Å². The van der Waals surface area contributed by atoms with Gasteiger partial charge in [-0.15, -0.1) is 0 Å². The van der Waals surface area contributed by atoms with Gasteiger partial charge < -0.3 is 5.32 Å². The molecule has 0 radical (unpaired) electrons. The quantitative estimate of drug-likeness (QED) is 0.701. The zero-order valence-electron chi connectivity index (χ0n) is 13.4. The largest absolute Gasteiger partial charge is 0.416 e. The molecule has 0 aliphatic carbocycles. The molecule has 0 heterocycles. The molecule has 8 heteroatoms. The normalized spacial score (nSPS) is 12.3. The SMILES string of the molecule is O=S(=O)(CCNCc1cccc(C(F)(F)F)c1)NCc1ccccc1. The minimum atomic E-state index is -4.39. The van der Waals surface area contributed by atoms with Gasteiger partial charge in [0.05, 0.1) is 11.3 Å². The van der Waals surface area contributed by atoms with Gasteiger partial charge in [0.2, 0.25) is 10.0 Å². The van der Waals surface area contributed by atoms with E-state index < -0.39 is 21.8 Å². The van der Waals surface area contributed by atoms with Gasteiger partial charge in [-0.3, -0.25) is 0 Å². The highest BCUT2D eigenvalue weighted by atomic mass is 32.2. The lowest BCUT2D eigenvalue weighted by molar-refractivity contribution is -0.137. The van der Waals surface area contributed by atoms with E-state index in [1.807, 2.05) is 30.3 Å². The van der Waals surface area contributed by atoms with Crippen molar-refractivity contribution in [1.82, 2.24) is 10.0 Å². The molecule has 2 rings (SSSR count). The number of hydrogen-bond donors (Lipinski definition) is 2. The molecule has 0 aliphatic heterocycles. The van der Waals surface area contributed by atoms with Crippen molar-refractivity contribution in [1.29, 1.82) is 0 Å². The highest BCUT2D eigenvalue weighted by molar-refractivity contribution is 7.89. The molecular formula is C17H19F3N2O2S. The highest BCUT2D eigenvalue weighted by Crippen LogP contribution is 2.29. The van der Waals surface area contributed by atoms with Crippen LogP contribution in [0.4, 0.5) is 13.2 Å². The molecule has 2 N–H and O–H groups in total. The third-order valence-electron chi connectivity index (χ3n) is 3.47. The number of sulfonamides is 1. The number of benzene rings is 2. The lowest BCUT2D eigenvalue weighted by atomic mass is 10.1. The Morgan fingerprint density at radius 3 is 2.24 bits per heavy atom. The Bertz CT molecular complexity index is 778. The summed E-state index contributed by atoms with van der Waals surface area (Å²) in [4.78, 5) is 0. The summed E-state index contributed by atoms with van der Waals surface area (Å²) in [6, 6.07) is 14.1. The summed E-state index contributed by atoms with van der Waals surface area (Å²) in [6.45, 7) is 0.509. The van der Waals surface area contributed by atoms with Gasteiger partial charge in [-0.05, 0) is 17.2 Å². The van der Waals surface area contributed by atoms with Crippen LogP contribution in [0.1, 0.15) is 16.7 Å². The summed E-state index contributed by atoms with van der Waals surface area (Å²) >= 11 is 0. The van der Waals surface area contributed by atoms with E-state index in [9.17, 15) is 21.6 Å². The molecule has 0 unspecified atom stereocenters. The maximum atomic E-state index is 12.6. The minimum Gasteiger partial charge on any atom is -0.312 e. The first-order chi connectivity index (χ1) is 11.8. The Kier molecular flexibility index (Phi) is 6.57. The Hall–Kier alpha value is -1.90. The predicted octanol–water partition coefficient (Wildman–Crippen LogP) is 2.91. The van der Waals surface area contributed by atoms with E-state index in [0.29, 0.717) is 5.56 Å². The first-order valence-electron chi connectivity index (χ1n) is 7.64. The second-order valence-corrected chi connectivity index (χ2v) is 7.43. The number of rotatable bonds is 8. The molecule has 0 fully saturated rings. The maximum Gasteiger partial charge on any atom is 0.416 e. The van der Waals surface area contributed by atoms with E-state index in [1.165, 1.54) is 6.07 Å². The van der Waals surface area contributed by atoms with Crippen LogP contribution in [0, 0.1) is 0 Å². The fourth-order valence-electron chi connectivity index (χ4n) is 2.16. The molecule has 0 saturated carbocycles. The molecular weight excluding hydrogens is 353 g/mol. The summed E-state index contributed by atoms with van der Waals surface area (Å²) in [5, 5.41) is 2.85. The van der Waals surface area contributed by atoms with Gasteiger partial charge in [-0.25, -0.2) is 13.1 Å². The van der Waals surface area contributed by atoms with E-state index in [0.717, 1.165) is 17.7 Å². The molecule has 4 nitrogen and oxygen atoms in total. The van der Waals surface area contributed by atoms with Crippen molar-refractivity contribution in [3.8, 4) is 0 Å². The first-order valence-corrected chi connectivity index (χ1v) is 9.30. The van der Waals surface area contributed by atoms with Crippen LogP contribution in [0.3, 0.4) is 0 Å². The van der Waals surface area contributed by atoms with Gasteiger partial charge in [0.15, 0.2) is 0 Å². The van der Waals surface area contributed by atoms with Crippen LogP contribution in [-0.4, -0.2) is 20.7 Å². The average molecular weight is 372 g/mol. The van der Waals surface area contributed by atoms with Crippen LogP contribution in [0.15, 0.2) is 54.6 Å². The van der Waals surface area contributed by atoms with Crippen molar-refractivity contribution in [2.24, 2.45) is 0 Å². The van der Waals surface area contributed by atoms with Crippen LogP contribution in [0.5, 0.6) is 0 Å². The van der Waals surface area contributed by atoms with Gasteiger partial charge in [0, 0.05) is 19.6 Å². The van der Waals surface area contributed by atoms with Crippen molar-refractivity contribution in [3.05, 3.63) is 71.3 Å². The van der Waals surface area contributed by atoms with E-state index in [1.54, 1.807) is 6.07 Å². The third-order valence-corrected chi connectivity index (χ3v) is 4.80. The van der Waals surface area contributed by atoms with Crippen LogP contribution in [0.2, 0.25) is 0 Å². The fraction of sp³-hybridized carbons (Fsp3) is 0.294. The summed E-state index contributed by atoms with van der Waals surface area (Å²) in [7, 11) is -3.46. The zero-order valence-corrected chi connectivity index (χ0v) is 14.2. The van der Waals surface area contributed by atoms with E-state index in [4.69, 9.17) is 0 Å². The zero-order chi connectivity index (χ0) is 18.3. The van der Waals surface area contributed by atoms with E-state index in [2.05, 4.69) is 10.0 Å². The van der Waals surface area contributed by atoms with Gasteiger partial charge in [-0.2, -0.15) is 13.2 Å². The van der Waals surface area contributed by atoms with Crippen molar-refractivity contribution < 1.29 is 21.6 Å². The van der Waals surface area contributed by atoms with Crippen molar-refractivity contribution in [2.75, 3.05) is 12.3 Å². The van der Waals surface area contributed by atoms with Crippen LogP contribution >= 0.6 is 0 Å². The second kappa shape index (κ2) is 8.46. The molecule has 2 aromatic rings. The lowest BCUT2D eigenvalue weighted by Gasteiger charge is -2.10. The van der Waals surface area contributed by atoms with Crippen molar-refractivity contribution in [3.63, 3.8) is 0 Å². The number of nitrogens with one attached hydrogen (secondary N) is 2. The van der Waals surface area contributed by atoms with E-state index in [-0.39, 0.29) is 25.4 Å². The molecule has 0 bridgehead atoms. The topological polar surface area (TPSA) is 58.2 Å². The Balaban J connectivity index is 1.76. The highest BCUT2D eigenvalue weighted by Gasteiger charge is 2.30. The monoisotopic (exact) mass is 372 g/mol. The van der Waals surface area contributed by atoms with Crippen LogP contribution < -0.4 is 10.0 Å². The number of alkyl halides is 3. The summed E-state index contributed by atoms with van der Waals surface area (Å²) in [5.41, 5.74) is 0.580. The minimum absolute atomic E-state index is 0.139. The Labute approximate surface area is 145 Å². The predicted molar refractivity (Wildman–Crippen MR) is 90.2 cm³/mol. The molecule has 136 valence electrons. The summed E-state index contributed by atoms with van der Waals surface area (Å²) in [6.07, 6.45) is -4.39. The van der Waals surface area contributed by atoms with E-state index >= 15 is 0 Å². The van der Waals surface area contributed by atoms with Gasteiger partial charge >= 0.3 is 6.18 Å². The van der Waals surface area contributed by atoms with Crippen LogP contribution in [-0.2, 0) is 29.3 Å². The van der Waals surface area contributed by atoms with Crippen LogP contribution in [0.25, 0.3) is 0 Å². The molecule has 25 heavy (non-hydrogen) atoms. The molecule has 0 amide bonds. The smallest absolute Gasteiger partial charge is 0.312 e. The summed E-state index contributed by atoms with van der Waals surface area (Å²) in [5.74, 6) is -0.154. The Morgan fingerprint density at radius 2 is 1.56 bits per heavy atom. The number of halogens is 3. The van der Waals surface area contributed by atoms with Gasteiger partial charge in [0.25, 0.3) is 0 Å². The third kappa shape index (κ3) is 6.85. The standard InChI is InChI=1S/C17H19F3N2O2S/c18-17(19,20)16-8-4-7-15(11-16)12-21-9-10-25(23,24)22-13-14-5-2-1-3-6-14/h1-8,11,21-22H,9-10,12-13H2. The molecule has 2 aromatic carbocycles. The molecule has 0 aliphatic rings. The fourth-order valence-corrected chi connectivity index (χ4v) is 3.10. The first kappa shape index (κ1) is 19.4. The summed E-state index contributed by atoms with van der Waals surface area (Å²) < 4.78 is 64.2. The molecule has 0 aromatic heterocycles. The Morgan fingerprint density at radius 1 is 0.880 bits per heavy atom. The molecule has 0 spiro atoms. The van der Waals surface area contributed by atoms with Gasteiger partial charge in [0.1, 0.15) is 0 Å². The van der Waals surface area contributed by atoms with Gasteiger partial charge in [-0.1, -0.05) is 48.5 Å². The van der Waals surface area contributed by atoms with Crippen molar-refractivity contribution >= 4 is 10.0 Å². The second-order valence-electron chi connectivity index (χ2n) is 5.50. The molecule has 0 atom stereocenters. The average Bonchev–Trinajstić information content (AvgIpc) is 2.58.